The van der Waals surface area contributed by atoms with Crippen LogP contribution in [0.4, 0.5) is 0 Å². The van der Waals surface area contributed by atoms with Gasteiger partial charge in [-0.2, -0.15) is 0 Å². The number of ketones is 1. The van der Waals surface area contributed by atoms with Gasteiger partial charge in [-0.3, -0.25) is 4.79 Å². The number of ether oxygens (including phenoxy) is 2. The van der Waals surface area contributed by atoms with Crippen LogP contribution in [0.2, 0.25) is 0 Å². The number of rotatable bonds is 0. The van der Waals surface area contributed by atoms with Crippen molar-refractivity contribution in [3.8, 4) is 0 Å². The molecule has 0 radical (unpaired) electrons. The highest BCUT2D eigenvalue weighted by molar-refractivity contribution is 5.88. The molecule has 0 amide bonds. The number of fused-ring (bicyclic) bond motifs is 3. The maximum atomic E-state index is 11.3. The van der Waals surface area contributed by atoms with Crippen molar-refractivity contribution in [3.05, 3.63) is 0 Å². The number of epoxide rings is 1. The van der Waals surface area contributed by atoms with Gasteiger partial charge in [0.05, 0.1) is 12.2 Å². The Kier molecular flexibility index (Phi) is 1.30. The first-order chi connectivity index (χ1) is 6.11. The summed E-state index contributed by atoms with van der Waals surface area (Å²) in [6.45, 7) is 1.91. The van der Waals surface area contributed by atoms with Gasteiger partial charge in [0.15, 0.2) is 5.78 Å². The molecule has 13 heavy (non-hydrogen) atoms. The summed E-state index contributed by atoms with van der Waals surface area (Å²) >= 11 is 0. The molecule has 0 aromatic carbocycles. The van der Waals surface area contributed by atoms with E-state index in [2.05, 4.69) is 0 Å². The quantitative estimate of drug-likeness (QED) is 0.522. The molecule has 72 valence electrons. The lowest BCUT2D eigenvalue weighted by atomic mass is 9.80. The molecule has 3 rings (SSSR count). The summed E-state index contributed by atoms with van der Waals surface area (Å²) in [6.07, 6.45) is -0.0305. The Bertz CT molecular complexity index is 277. The first-order valence-electron chi connectivity index (χ1n) is 4.67. The highest BCUT2D eigenvalue weighted by Crippen LogP contribution is 2.49. The largest absolute Gasteiger partial charge is 0.384 e. The van der Waals surface area contributed by atoms with Crippen LogP contribution in [-0.2, 0) is 14.3 Å². The number of Topliss-reactive ketones (excluding diaryl/α,β-unsaturated/α-hetero) is 1. The number of hydrogen-bond acceptors (Lipinski definition) is 4. The fourth-order valence-corrected chi connectivity index (χ4v) is 2.60. The molecule has 1 saturated carbocycles. The van der Waals surface area contributed by atoms with Gasteiger partial charge in [-0.25, -0.2) is 0 Å². The zero-order valence-corrected chi connectivity index (χ0v) is 7.40. The van der Waals surface area contributed by atoms with E-state index >= 15 is 0 Å². The summed E-state index contributed by atoms with van der Waals surface area (Å²) in [5.74, 6) is 0.0776. The van der Waals surface area contributed by atoms with Crippen molar-refractivity contribution in [2.75, 3.05) is 0 Å². The fourth-order valence-electron chi connectivity index (χ4n) is 2.60. The van der Waals surface area contributed by atoms with Crippen molar-refractivity contribution in [2.24, 2.45) is 0 Å². The van der Waals surface area contributed by atoms with E-state index in [0.29, 0.717) is 12.8 Å². The molecule has 0 aromatic rings. The minimum absolute atomic E-state index is 0.0331. The first kappa shape index (κ1) is 7.91. The van der Waals surface area contributed by atoms with Gasteiger partial charge in [-0.05, 0) is 6.92 Å². The molecule has 2 heterocycles. The highest BCUT2D eigenvalue weighted by atomic mass is 16.6. The van der Waals surface area contributed by atoms with Gasteiger partial charge in [0.25, 0.3) is 0 Å². The zero-order valence-electron chi connectivity index (χ0n) is 7.40. The molecular weight excluding hydrogens is 172 g/mol. The summed E-state index contributed by atoms with van der Waals surface area (Å²) in [5, 5.41) is 10.2. The number of aliphatic hydroxyl groups is 1. The predicted octanol–water partition coefficient (Wildman–Crippen LogP) is -0.365. The Balaban J connectivity index is 1.93. The molecule has 2 saturated heterocycles. The lowest BCUT2D eigenvalue weighted by Gasteiger charge is -2.28. The Morgan fingerprint density at radius 3 is 3.08 bits per heavy atom. The molecule has 2 aliphatic heterocycles. The minimum Gasteiger partial charge on any atom is -0.384 e. The fraction of sp³-hybridized carbons (Fsp3) is 0.889. The smallest absolute Gasteiger partial charge is 0.167 e. The second-order valence-electron chi connectivity index (χ2n) is 4.28. The van der Waals surface area contributed by atoms with Crippen molar-refractivity contribution < 1.29 is 19.4 Å². The van der Waals surface area contributed by atoms with Gasteiger partial charge in [0, 0.05) is 12.8 Å². The van der Waals surface area contributed by atoms with Gasteiger partial charge < -0.3 is 14.6 Å². The lowest BCUT2D eigenvalue weighted by Crippen LogP contribution is -2.50. The van der Waals surface area contributed by atoms with Crippen LogP contribution in [0.1, 0.15) is 19.8 Å². The van der Waals surface area contributed by atoms with Gasteiger partial charge >= 0.3 is 0 Å². The molecular formula is C9H12O4. The van der Waals surface area contributed by atoms with E-state index in [9.17, 15) is 9.90 Å². The van der Waals surface area contributed by atoms with E-state index < -0.39 is 5.60 Å². The van der Waals surface area contributed by atoms with E-state index in [1.54, 1.807) is 0 Å². The van der Waals surface area contributed by atoms with E-state index in [0.717, 1.165) is 0 Å². The van der Waals surface area contributed by atoms with Crippen LogP contribution in [0, 0.1) is 0 Å². The molecule has 0 bridgehead atoms. The number of hydrogen-bond donors (Lipinski definition) is 1. The third-order valence-electron chi connectivity index (χ3n) is 3.26. The molecule has 1 N–H and O–H groups in total. The van der Waals surface area contributed by atoms with Gasteiger partial charge in [0.2, 0.25) is 0 Å². The van der Waals surface area contributed by atoms with E-state index in [-0.39, 0.29) is 30.2 Å². The van der Waals surface area contributed by atoms with E-state index in [1.807, 2.05) is 6.92 Å². The molecule has 3 fully saturated rings. The SMILES string of the molecule is C[C@H]1C[C@@]2(O)[C@@H]3O[C@@H]3C(=O)C[C@H]2O1. The normalized spacial score (nSPS) is 58.8. The van der Waals surface area contributed by atoms with Crippen LogP contribution in [0.25, 0.3) is 0 Å². The van der Waals surface area contributed by atoms with Gasteiger partial charge in [-0.1, -0.05) is 0 Å². The van der Waals surface area contributed by atoms with Crippen molar-refractivity contribution >= 4 is 5.78 Å². The number of carbonyl (C=O) groups excluding carboxylic acids is 1. The van der Waals surface area contributed by atoms with Crippen LogP contribution in [-0.4, -0.2) is 40.9 Å². The molecule has 0 unspecified atom stereocenters. The zero-order chi connectivity index (χ0) is 9.22. The maximum Gasteiger partial charge on any atom is 0.167 e. The maximum absolute atomic E-state index is 11.3. The monoisotopic (exact) mass is 184 g/mol. The Labute approximate surface area is 75.8 Å². The molecule has 0 spiro atoms. The van der Waals surface area contributed by atoms with Crippen LogP contribution in [0.15, 0.2) is 0 Å². The van der Waals surface area contributed by atoms with Crippen LogP contribution < -0.4 is 0 Å². The van der Waals surface area contributed by atoms with Gasteiger partial charge in [0.1, 0.15) is 17.8 Å². The van der Waals surface area contributed by atoms with Crippen molar-refractivity contribution in [3.63, 3.8) is 0 Å². The van der Waals surface area contributed by atoms with Crippen LogP contribution >= 0.6 is 0 Å². The summed E-state index contributed by atoms with van der Waals surface area (Å²) in [5.41, 5.74) is -0.891. The Hall–Kier alpha value is -0.450. The standard InChI is InChI=1S/C9H12O4/c1-4-3-9(11)6(12-4)2-5(10)7-8(9)13-7/h4,6-8,11H,2-3H2,1H3/t4-,6+,7+,8+,9-/m0/s1. The Morgan fingerprint density at radius 2 is 2.31 bits per heavy atom. The second-order valence-corrected chi connectivity index (χ2v) is 4.28. The molecule has 3 aliphatic rings. The Morgan fingerprint density at radius 1 is 1.54 bits per heavy atom. The molecule has 0 aromatic heterocycles. The van der Waals surface area contributed by atoms with Crippen molar-refractivity contribution in [2.45, 2.75) is 49.8 Å². The minimum atomic E-state index is -0.891. The van der Waals surface area contributed by atoms with Gasteiger partial charge in [-0.15, -0.1) is 0 Å². The van der Waals surface area contributed by atoms with E-state index in [4.69, 9.17) is 9.47 Å². The second kappa shape index (κ2) is 2.13. The summed E-state index contributed by atoms with van der Waals surface area (Å²) in [7, 11) is 0. The summed E-state index contributed by atoms with van der Waals surface area (Å²) in [6, 6.07) is 0. The lowest BCUT2D eigenvalue weighted by molar-refractivity contribution is -0.129. The topological polar surface area (TPSA) is 59.1 Å². The number of carbonyl (C=O) groups is 1. The van der Waals surface area contributed by atoms with Crippen LogP contribution in [0.5, 0.6) is 0 Å². The van der Waals surface area contributed by atoms with Crippen molar-refractivity contribution in [1.82, 2.24) is 0 Å². The van der Waals surface area contributed by atoms with E-state index in [1.165, 1.54) is 0 Å². The summed E-state index contributed by atoms with van der Waals surface area (Å²) < 4.78 is 10.7. The highest BCUT2D eigenvalue weighted by Gasteiger charge is 2.67. The third-order valence-corrected chi connectivity index (χ3v) is 3.26. The average Bonchev–Trinajstić information content (AvgIpc) is 2.75. The predicted molar refractivity (Wildman–Crippen MR) is 42.2 cm³/mol. The first-order valence-corrected chi connectivity index (χ1v) is 4.67. The molecule has 4 heteroatoms. The molecule has 5 atom stereocenters. The third kappa shape index (κ3) is 0.882. The summed E-state index contributed by atoms with van der Waals surface area (Å²) in [4.78, 5) is 11.3. The molecule has 4 nitrogen and oxygen atoms in total. The molecule has 1 aliphatic carbocycles. The average molecular weight is 184 g/mol. The van der Waals surface area contributed by atoms with Crippen LogP contribution in [0.3, 0.4) is 0 Å². The van der Waals surface area contributed by atoms with Crippen molar-refractivity contribution in [1.29, 1.82) is 0 Å².